The van der Waals surface area contributed by atoms with Crippen molar-refractivity contribution in [3.05, 3.63) is 23.0 Å². The third-order valence-corrected chi connectivity index (χ3v) is 5.58. The van der Waals surface area contributed by atoms with Crippen LogP contribution in [0.15, 0.2) is 12.4 Å². The predicted molar refractivity (Wildman–Crippen MR) is 89.4 cm³/mol. The second kappa shape index (κ2) is 6.80. The summed E-state index contributed by atoms with van der Waals surface area (Å²) >= 11 is 1.36. The van der Waals surface area contributed by atoms with Gasteiger partial charge in [0.05, 0.1) is 18.0 Å². The number of aliphatic hydroxyl groups excluding tert-OH is 1. The van der Waals surface area contributed by atoms with E-state index in [4.69, 9.17) is 0 Å². The largest absolute Gasteiger partial charge is 0.391 e. The smallest absolute Gasteiger partial charge is 0.263 e. The van der Waals surface area contributed by atoms with Crippen LogP contribution in [0.3, 0.4) is 0 Å². The predicted octanol–water partition coefficient (Wildman–Crippen LogP) is 2.13. The maximum absolute atomic E-state index is 12.4. The summed E-state index contributed by atoms with van der Waals surface area (Å²) in [5.74, 6) is 0.163. The van der Waals surface area contributed by atoms with Crippen LogP contribution in [0.4, 0.5) is 0 Å². The van der Waals surface area contributed by atoms with Crippen molar-refractivity contribution in [1.82, 2.24) is 20.1 Å². The highest BCUT2D eigenvalue weighted by Crippen LogP contribution is 2.29. The first-order chi connectivity index (χ1) is 11.0. The quantitative estimate of drug-likeness (QED) is 0.878. The first-order valence-electron chi connectivity index (χ1n) is 7.97. The van der Waals surface area contributed by atoms with Crippen LogP contribution in [0.2, 0.25) is 0 Å². The lowest BCUT2D eigenvalue weighted by Gasteiger charge is -2.17. The van der Waals surface area contributed by atoms with E-state index in [0.29, 0.717) is 23.0 Å². The minimum Gasteiger partial charge on any atom is -0.391 e. The van der Waals surface area contributed by atoms with E-state index in [9.17, 15) is 9.90 Å². The Bertz CT molecular complexity index is 688. The van der Waals surface area contributed by atoms with Gasteiger partial charge in [-0.3, -0.25) is 9.48 Å². The van der Waals surface area contributed by atoms with E-state index in [-0.39, 0.29) is 5.91 Å². The summed E-state index contributed by atoms with van der Waals surface area (Å²) in [6, 6.07) is 0. The van der Waals surface area contributed by atoms with Crippen molar-refractivity contribution in [2.45, 2.75) is 38.7 Å². The Hall–Kier alpha value is -1.73. The van der Waals surface area contributed by atoms with Crippen molar-refractivity contribution in [2.24, 2.45) is 13.0 Å². The van der Waals surface area contributed by atoms with Gasteiger partial charge in [0.1, 0.15) is 9.88 Å². The van der Waals surface area contributed by atoms with E-state index in [0.717, 1.165) is 23.4 Å². The van der Waals surface area contributed by atoms with Crippen LogP contribution in [0.5, 0.6) is 0 Å². The average molecular weight is 334 g/mol. The monoisotopic (exact) mass is 334 g/mol. The van der Waals surface area contributed by atoms with E-state index in [2.05, 4.69) is 15.4 Å². The standard InChI is InChI=1S/C16H22N4O2S/c1-10-14(23-16(19-10)12-7-18-20(2)9-12)15(22)17-8-13(21)11-5-3-4-6-11/h7,9,11,13,21H,3-6,8H2,1-2H3,(H,17,22). The summed E-state index contributed by atoms with van der Waals surface area (Å²) in [6.07, 6.45) is 7.64. The van der Waals surface area contributed by atoms with Gasteiger partial charge in [-0.15, -0.1) is 11.3 Å². The molecule has 1 aliphatic carbocycles. The Labute approximate surface area is 139 Å². The molecule has 1 atom stereocenters. The number of hydrogen-bond donors (Lipinski definition) is 2. The highest BCUT2D eigenvalue weighted by Gasteiger charge is 2.24. The van der Waals surface area contributed by atoms with Gasteiger partial charge in [-0.1, -0.05) is 12.8 Å². The normalized spacial score (nSPS) is 16.7. The number of rotatable bonds is 5. The molecule has 1 fully saturated rings. The Morgan fingerprint density at radius 2 is 2.26 bits per heavy atom. The lowest BCUT2D eigenvalue weighted by molar-refractivity contribution is 0.0843. The molecule has 0 radical (unpaired) electrons. The van der Waals surface area contributed by atoms with Crippen molar-refractivity contribution < 1.29 is 9.90 Å². The van der Waals surface area contributed by atoms with E-state index in [1.807, 2.05) is 20.2 Å². The molecule has 0 saturated heterocycles. The number of nitrogens with zero attached hydrogens (tertiary/aromatic N) is 3. The van der Waals surface area contributed by atoms with Gasteiger partial charge in [0.25, 0.3) is 5.91 Å². The second-order valence-corrected chi connectivity index (χ2v) is 7.16. The highest BCUT2D eigenvalue weighted by molar-refractivity contribution is 7.17. The fraction of sp³-hybridized carbons (Fsp3) is 0.562. The summed E-state index contributed by atoms with van der Waals surface area (Å²) in [4.78, 5) is 17.4. The topological polar surface area (TPSA) is 80.0 Å². The molecule has 2 aromatic rings. The van der Waals surface area contributed by atoms with E-state index < -0.39 is 6.10 Å². The summed E-state index contributed by atoms with van der Waals surface area (Å²) < 4.78 is 1.71. The molecule has 1 aliphatic rings. The zero-order chi connectivity index (χ0) is 16.4. The van der Waals surface area contributed by atoms with Crippen molar-refractivity contribution in [3.8, 4) is 10.6 Å². The minimum absolute atomic E-state index is 0.160. The molecule has 6 nitrogen and oxygen atoms in total. The van der Waals surface area contributed by atoms with Gasteiger partial charge in [0.2, 0.25) is 0 Å². The molecule has 1 saturated carbocycles. The molecular formula is C16H22N4O2S. The molecule has 0 bridgehead atoms. The van der Waals surface area contributed by atoms with Gasteiger partial charge in [-0.2, -0.15) is 5.10 Å². The van der Waals surface area contributed by atoms with Gasteiger partial charge in [-0.05, 0) is 25.7 Å². The fourth-order valence-electron chi connectivity index (χ4n) is 3.05. The van der Waals surface area contributed by atoms with Crippen molar-refractivity contribution in [2.75, 3.05) is 6.54 Å². The van der Waals surface area contributed by atoms with Crippen LogP contribution in [0.25, 0.3) is 10.6 Å². The van der Waals surface area contributed by atoms with Crippen LogP contribution in [-0.4, -0.2) is 38.4 Å². The van der Waals surface area contributed by atoms with Gasteiger partial charge < -0.3 is 10.4 Å². The summed E-state index contributed by atoms with van der Waals surface area (Å²) in [5.41, 5.74) is 1.62. The summed E-state index contributed by atoms with van der Waals surface area (Å²) in [5, 5.41) is 17.9. The number of carbonyl (C=O) groups is 1. The Morgan fingerprint density at radius 1 is 1.52 bits per heavy atom. The first kappa shape index (κ1) is 16.1. The van der Waals surface area contributed by atoms with E-state index >= 15 is 0 Å². The minimum atomic E-state index is -0.451. The van der Waals surface area contributed by atoms with Crippen LogP contribution >= 0.6 is 11.3 Å². The van der Waals surface area contributed by atoms with Gasteiger partial charge in [0, 0.05) is 25.4 Å². The SMILES string of the molecule is Cc1nc(-c2cnn(C)c2)sc1C(=O)NCC(O)C1CCCC1. The summed E-state index contributed by atoms with van der Waals surface area (Å²) in [7, 11) is 1.85. The Balaban J connectivity index is 1.64. The third kappa shape index (κ3) is 3.61. The maximum Gasteiger partial charge on any atom is 0.263 e. The molecule has 0 spiro atoms. The molecule has 3 rings (SSSR count). The molecule has 2 heterocycles. The number of aromatic nitrogens is 3. The number of aliphatic hydroxyl groups is 1. The molecule has 2 N–H and O–H groups in total. The molecule has 1 amide bonds. The van der Waals surface area contributed by atoms with Crippen LogP contribution in [0.1, 0.15) is 41.0 Å². The lowest BCUT2D eigenvalue weighted by Crippen LogP contribution is -2.35. The van der Waals surface area contributed by atoms with Crippen LogP contribution in [-0.2, 0) is 7.05 Å². The Kier molecular flexibility index (Phi) is 4.77. The van der Waals surface area contributed by atoms with Gasteiger partial charge >= 0.3 is 0 Å². The third-order valence-electron chi connectivity index (χ3n) is 4.37. The molecular weight excluding hydrogens is 312 g/mol. The maximum atomic E-state index is 12.4. The molecule has 23 heavy (non-hydrogen) atoms. The summed E-state index contributed by atoms with van der Waals surface area (Å²) in [6.45, 7) is 2.14. The van der Waals surface area contributed by atoms with E-state index in [1.54, 1.807) is 10.9 Å². The van der Waals surface area contributed by atoms with Gasteiger partial charge in [0.15, 0.2) is 0 Å². The molecule has 124 valence electrons. The lowest BCUT2D eigenvalue weighted by atomic mass is 10.0. The second-order valence-electron chi connectivity index (χ2n) is 6.16. The number of carbonyl (C=O) groups excluding carboxylic acids is 1. The Morgan fingerprint density at radius 3 is 2.91 bits per heavy atom. The zero-order valence-corrected chi connectivity index (χ0v) is 14.3. The van der Waals surface area contributed by atoms with Crippen molar-refractivity contribution in [1.29, 1.82) is 0 Å². The van der Waals surface area contributed by atoms with Crippen LogP contribution < -0.4 is 5.32 Å². The molecule has 2 aromatic heterocycles. The van der Waals surface area contributed by atoms with Crippen LogP contribution in [0, 0.1) is 12.8 Å². The molecule has 1 unspecified atom stereocenters. The molecule has 7 heteroatoms. The first-order valence-corrected chi connectivity index (χ1v) is 8.79. The van der Waals surface area contributed by atoms with Gasteiger partial charge in [-0.25, -0.2) is 4.98 Å². The number of aryl methyl sites for hydroxylation is 2. The average Bonchev–Trinajstić information content (AvgIpc) is 3.24. The number of hydrogen-bond acceptors (Lipinski definition) is 5. The zero-order valence-electron chi connectivity index (χ0n) is 13.5. The number of amides is 1. The highest BCUT2D eigenvalue weighted by atomic mass is 32.1. The molecule has 0 aromatic carbocycles. The molecule has 0 aliphatic heterocycles. The number of nitrogens with one attached hydrogen (secondary N) is 1. The van der Waals surface area contributed by atoms with Crippen molar-refractivity contribution in [3.63, 3.8) is 0 Å². The van der Waals surface area contributed by atoms with E-state index in [1.165, 1.54) is 24.2 Å². The fourth-order valence-corrected chi connectivity index (χ4v) is 4.01. The van der Waals surface area contributed by atoms with Crippen molar-refractivity contribution >= 4 is 17.2 Å². The number of thiazole rings is 1.